The highest BCUT2D eigenvalue weighted by atomic mass is 32.2. The Hall–Kier alpha value is -3.86. The number of aryl methyl sites for hydroxylation is 1. The minimum absolute atomic E-state index is 0.0819. The lowest BCUT2D eigenvalue weighted by atomic mass is 10.2. The average Bonchev–Trinajstić information content (AvgIpc) is 3.08. The molecule has 30 heavy (non-hydrogen) atoms. The summed E-state index contributed by atoms with van der Waals surface area (Å²) in [7, 11) is 0. The lowest BCUT2D eigenvalue weighted by Crippen LogP contribution is -2.47. The van der Waals surface area contributed by atoms with Crippen LogP contribution in [0.4, 0.5) is 5.69 Å². The number of fused-ring (bicyclic) bond motifs is 1. The minimum Gasteiger partial charge on any atom is -0.272 e. The lowest BCUT2D eigenvalue weighted by molar-refractivity contribution is -0.385. The normalized spacial score (nSPS) is 15.6. The van der Waals surface area contributed by atoms with E-state index in [1.54, 1.807) is 43.3 Å². The van der Waals surface area contributed by atoms with Gasteiger partial charge in [0.25, 0.3) is 17.2 Å². The second-order valence-corrected chi connectivity index (χ2v) is 7.17. The van der Waals surface area contributed by atoms with Gasteiger partial charge in [0.05, 0.1) is 33.4 Å². The topological polar surface area (TPSA) is 123 Å². The van der Waals surface area contributed by atoms with Crippen LogP contribution in [0.1, 0.15) is 11.4 Å². The molecule has 0 unspecified atom stereocenters. The minimum atomic E-state index is -0.516. The summed E-state index contributed by atoms with van der Waals surface area (Å²) in [4.78, 5) is 40.5. The van der Waals surface area contributed by atoms with Crippen molar-refractivity contribution >= 4 is 45.6 Å². The van der Waals surface area contributed by atoms with Crippen LogP contribution in [0.2, 0.25) is 0 Å². The van der Waals surface area contributed by atoms with Crippen molar-refractivity contribution in [2.45, 2.75) is 6.92 Å². The van der Waals surface area contributed by atoms with E-state index in [0.717, 1.165) is 16.8 Å². The van der Waals surface area contributed by atoms with Crippen LogP contribution in [0.15, 0.2) is 63.5 Å². The number of para-hydroxylation sites is 2. The Morgan fingerprint density at radius 2 is 1.90 bits per heavy atom. The van der Waals surface area contributed by atoms with Gasteiger partial charge >= 0.3 is 0 Å². The predicted molar refractivity (Wildman–Crippen MR) is 115 cm³/mol. The summed E-state index contributed by atoms with van der Waals surface area (Å²) in [5.41, 5.74) is 0.292. The first-order chi connectivity index (χ1) is 14.5. The van der Waals surface area contributed by atoms with Gasteiger partial charge in [0, 0.05) is 6.07 Å². The molecule has 2 heterocycles. The number of rotatable bonds is 4. The standard InChI is InChI=1S/C19H14N6O4S/c1-12-21-15-8-4-3-7-14(15)18(27)23(12)24-17(26)11-30-19(24)22-20-10-13-6-2-5-9-16(13)25(28)29/h2-10H,11H2,1H3/b20-10+,22-19-. The van der Waals surface area contributed by atoms with Crippen LogP contribution in [0.3, 0.4) is 0 Å². The summed E-state index contributed by atoms with van der Waals surface area (Å²) in [6.45, 7) is 1.62. The molecule has 0 saturated carbocycles. The molecule has 11 heteroatoms. The molecule has 0 spiro atoms. The maximum absolute atomic E-state index is 13.0. The molecule has 0 radical (unpaired) electrons. The van der Waals surface area contributed by atoms with Gasteiger partial charge in [-0.2, -0.15) is 14.8 Å². The van der Waals surface area contributed by atoms with Gasteiger partial charge in [0.1, 0.15) is 5.82 Å². The molecule has 1 fully saturated rings. The zero-order chi connectivity index (χ0) is 21.3. The van der Waals surface area contributed by atoms with Crippen LogP contribution in [0.5, 0.6) is 0 Å². The molecule has 3 aromatic rings. The smallest absolute Gasteiger partial charge is 0.272 e. The Labute approximate surface area is 173 Å². The second kappa shape index (κ2) is 7.87. The fourth-order valence-corrected chi connectivity index (χ4v) is 3.78. The van der Waals surface area contributed by atoms with E-state index < -0.39 is 10.5 Å². The van der Waals surface area contributed by atoms with E-state index >= 15 is 0 Å². The fraction of sp³-hybridized carbons (Fsp3) is 0.105. The molecule has 10 nitrogen and oxygen atoms in total. The average molecular weight is 422 g/mol. The van der Waals surface area contributed by atoms with E-state index in [0.29, 0.717) is 16.7 Å². The van der Waals surface area contributed by atoms with Gasteiger partial charge in [0.2, 0.25) is 5.17 Å². The highest BCUT2D eigenvalue weighted by Gasteiger charge is 2.32. The Morgan fingerprint density at radius 1 is 1.17 bits per heavy atom. The Kier molecular flexibility index (Phi) is 5.11. The van der Waals surface area contributed by atoms with Gasteiger partial charge in [-0.1, -0.05) is 36.0 Å². The van der Waals surface area contributed by atoms with Crippen LogP contribution in [-0.4, -0.2) is 37.6 Å². The van der Waals surface area contributed by atoms with Gasteiger partial charge in [-0.3, -0.25) is 19.7 Å². The summed E-state index contributed by atoms with van der Waals surface area (Å²) in [6, 6.07) is 12.9. The molecule has 0 bridgehead atoms. The molecule has 1 saturated heterocycles. The number of nitrogens with zero attached hydrogens (tertiary/aromatic N) is 6. The van der Waals surface area contributed by atoms with Crippen LogP contribution in [0.25, 0.3) is 10.9 Å². The number of hydrogen-bond donors (Lipinski definition) is 0. The molecule has 0 N–H and O–H groups in total. The number of thioether (sulfide) groups is 1. The van der Waals surface area contributed by atoms with Crippen molar-refractivity contribution < 1.29 is 9.72 Å². The number of aromatic nitrogens is 2. The summed E-state index contributed by atoms with van der Waals surface area (Å²) >= 11 is 1.11. The third-order valence-electron chi connectivity index (χ3n) is 4.33. The largest absolute Gasteiger partial charge is 0.280 e. The number of carbonyl (C=O) groups excluding carboxylic acids is 1. The van der Waals surface area contributed by atoms with E-state index in [9.17, 15) is 19.7 Å². The molecule has 0 aliphatic carbocycles. The molecule has 0 atom stereocenters. The summed E-state index contributed by atoms with van der Waals surface area (Å²) in [5, 5.41) is 20.7. The summed E-state index contributed by atoms with van der Waals surface area (Å²) in [5.74, 6) is 0.0605. The number of nitro groups is 1. The molecule has 1 aromatic heterocycles. The zero-order valence-electron chi connectivity index (χ0n) is 15.6. The van der Waals surface area contributed by atoms with E-state index in [4.69, 9.17) is 0 Å². The monoisotopic (exact) mass is 422 g/mol. The number of nitro benzene ring substituents is 1. The van der Waals surface area contributed by atoms with Crippen molar-refractivity contribution in [2.75, 3.05) is 10.8 Å². The van der Waals surface area contributed by atoms with Crippen molar-refractivity contribution in [1.29, 1.82) is 0 Å². The molecule has 4 rings (SSSR count). The third-order valence-corrected chi connectivity index (χ3v) is 5.24. The van der Waals surface area contributed by atoms with E-state index in [2.05, 4.69) is 15.2 Å². The number of amides is 1. The highest BCUT2D eigenvalue weighted by Crippen LogP contribution is 2.20. The van der Waals surface area contributed by atoms with Gasteiger partial charge in [-0.25, -0.2) is 4.98 Å². The van der Waals surface area contributed by atoms with Crippen LogP contribution in [0, 0.1) is 17.0 Å². The van der Waals surface area contributed by atoms with Crippen molar-refractivity contribution in [3.8, 4) is 0 Å². The molecule has 1 amide bonds. The second-order valence-electron chi connectivity index (χ2n) is 6.23. The molecule has 150 valence electrons. The summed E-state index contributed by atoms with van der Waals surface area (Å²) < 4.78 is 1.17. The lowest BCUT2D eigenvalue weighted by Gasteiger charge is -2.20. The number of amidine groups is 1. The number of carbonyl (C=O) groups is 1. The van der Waals surface area contributed by atoms with Crippen molar-refractivity contribution in [3.05, 3.63) is 80.4 Å². The van der Waals surface area contributed by atoms with E-state index in [-0.39, 0.29) is 28.1 Å². The Bertz CT molecular complexity index is 1300. The first-order valence-corrected chi connectivity index (χ1v) is 9.75. The molecule has 2 aromatic carbocycles. The zero-order valence-corrected chi connectivity index (χ0v) is 16.4. The van der Waals surface area contributed by atoms with Gasteiger partial charge < -0.3 is 0 Å². The van der Waals surface area contributed by atoms with E-state index in [1.807, 2.05) is 0 Å². The van der Waals surface area contributed by atoms with Crippen LogP contribution < -0.4 is 10.6 Å². The maximum Gasteiger partial charge on any atom is 0.280 e. The Morgan fingerprint density at radius 3 is 2.70 bits per heavy atom. The van der Waals surface area contributed by atoms with Gasteiger partial charge in [-0.05, 0) is 25.1 Å². The van der Waals surface area contributed by atoms with Gasteiger partial charge in [0.15, 0.2) is 0 Å². The Balaban J connectivity index is 1.75. The molecular weight excluding hydrogens is 408 g/mol. The number of benzene rings is 2. The first kappa shape index (κ1) is 19.5. The maximum atomic E-state index is 13.0. The fourth-order valence-electron chi connectivity index (χ4n) is 3.00. The summed E-state index contributed by atoms with van der Waals surface area (Å²) in [6.07, 6.45) is 1.24. The molecule has 1 aliphatic rings. The van der Waals surface area contributed by atoms with E-state index in [1.165, 1.54) is 23.0 Å². The molecular formula is C19H14N6O4S. The van der Waals surface area contributed by atoms with Crippen molar-refractivity contribution in [2.24, 2.45) is 10.2 Å². The third kappa shape index (κ3) is 3.46. The SMILES string of the molecule is Cc1nc2ccccc2c(=O)n1N1C(=O)CS/C1=N\N=C\c1ccccc1[N+](=O)[O-]. The van der Waals surface area contributed by atoms with Gasteiger partial charge in [-0.15, -0.1) is 5.10 Å². The van der Waals surface area contributed by atoms with Crippen LogP contribution in [-0.2, 0) is 4.79 Å². The quantitative estimate of drug-likeness (QED) is 0.361. The predicted octanol–water partition coefficient (Wildman–Crippen LogP) is 2.21. The van der Waals surface area contributed by atoms with Crippen molar-refractivity contribution in [3.63, 3.8) is 0 Å². The van der Waals surface area contributed by atoms with Crippen LogP contribution >= 0.6 is 11.8 Å². The first-order valence-electron chi connectivity index (χ1n) is 8.76. The molecule has 1 aliphatic heterocycles. The van der Waals surface area contributed by atoms with Crippen molar-refractivity contribution in [1.82, 2.24) is 9.66 Å². The number of hydrogen-bond acceptors (Lipinski definition) is 8. The highest BCUT2D eigenvalue weighted by molar-refractivity contribution is 8.15.